The first kappa shape index (κ1) is 55.3. The van der Waals surface area contributed by atoms with Crippen LogP contribution in [-0.2, 0) is 48.2 Å². The summed E-state index contributed by atoms with van der Waals surface area (Å²) in [4.78, 5) is 51.8. The molecule has 5 aliphatic heterocycles. The Kier molecular flexibility index (Phi) is 27.1. The van der Waals surface area contributed by atoms with Crippen molar-refractivity contribution >= 4 is 145 Å². The summed E-state index contributed by atoms with van der Waals surface area (Å²) >= 11 is 11.7. The molecular formula is C37H45B4Br3N2O14S2. The van der Waals surface area contributed by atoms with Crippen molar-refractivity contribution in [1.29, 1.82) is 0 Å². The van der Waals surface area contributed by atoms with E-state index in [0.717, 1.165) is 67.4 Å². The normalized spacial score (nSPS) is 16.0. The van der Waals surface area contributed by atoms with Gasteiger partial charge in [-0.25, -0.2) is 0 Å². The molecule has 3 aromatic rings. The first-order chi connectivity index (χ1) is 29.6. The van der Waals surface area contributed by atoms with Crippen LogP contribution in [0.5, 0.6) is 17.2 Å². The van der Waals surface area contributed by atoms with Gasteiger partial charge < -0.3 is 48.4 Å². The molecule has 2 fully saturated rings. The van der Waals surface area contributed by atoms with Crippen LogP contribution in [0.3, 0.4) is 0 Å². The van der Waals surface area contributed by atoms with Crippen LogP contribution in [0.25, 0.3) is 0 Å². The number of benzene rings is 3. The number of aromatic hydroxyl groups is 1. The summed E-state index contributed by atoms with van der Waals surface area (Å²) in [5.74, 6) is 1.39. The van der Waals surface area contributed by atoms with Crippen LogP contribution >= 0.6 is 71.3 Å². The number of phenolic OH excluding ortho intramolecular Hbond substituents is 1. The van der Waals surface area contributed by atoms with Gasteiger partial charge in [0.1, 0.15) is 17.2 Å². The highest BCUT2D eigenvalue weighted by atomic mass is 79.9. The van der Waals surface area contributed by atoms with Crippen molar-refractivity contribution in [3.63, 3.8) is 0 Å². The highest BCUT2D eigenvalue weighted by molar-refractivity contribution is 9.12. The summed E-state index contributed by atoms with van der Waals surface area (Å²) in [5.41, 5.74) is 4.79. The van der Waals surface area contributed by atoms with Crippen molar-refractivity contribution in [2.24, 2.45) is 0 Å². The number of carbonyl (C=O) groups excluding carboxylic acids is 5. The molecule has 5 heterocycles. The minimum atomic E-state index is -0.901. The van der Waals surface area contributed by atoms with E-state index >= 15 is 0 Å². The van der Waals surface area contributed by atoms with Crippen LogP contribution in [0, 0.1) is 0 Å². The lowest BCUT2D eigenvalue weighted by Crippen LogP contribution is -2.28. The summed E-state index contributed by atoms with van der Waals surface area (Å²) in [6.45, 7) is 7.56. The van der Waals surface area contributed by atoms with E-state index in [0.29, 0.717) is 61.9 Å². The molecule has 2 radical (unpaired) electrons. The van der Waals surface area contributed by atoms with Crippen LogP contribution < -0.4 is 36.5 Å². The highest BCUT2D eigenvalue weighted by Crippen LogP contribution is 2.23. The average Bonchev–Trinajstić information content (AvgIpc) is 4.09. The van der Waals surface area contributed by atoms with Crippen molar-refractivity contribution in [3.05, 3.63) is 71.3 Å². The second-order valence-electron chi connectivity index (χ2n) is 12.3. The number of fused-ring (bicyclic) bond motifs is 3. The molecule has 4 amide bonds. The molecule has 25 heteroatoms. The van der Waals surface area contributed by atoms with Gasteiger partial charge in [-0.2, -0.15) is 0 Å². The molecule has 0 aromatic heterocycles. The van der Waals surface area contributed by atoms with Crippen LogP contribution in [0.15, 0.2) is 54.6 Å². The van der Waals surface area contributed by atoms with E-state index in [2.05, 4.69) is 66.3 Å². The van der Waals surface area contributed by atoms with Gasteiger partial charge >= 0.3 is 21.4 Å². The Morgan fingerprint density at radius 3 is 1.56 bits per heavy atom. The summed E-state index contributed by atoms with van der Waals surface area (Å²) in [6.07, 6.45) is 0.457. The third kappa shape index (κ3) is 19.9. The SMILES string of the molecule is BrCCBr.CC.O=C1CSC(=O)N1.O=C1NC(=O)C(CCOc2ccc3c(c2)B(O)OC3)S1.OB1OCc2ccc(O)cc21.OB1OCc2ccc(OCCBr)cc21.[B]C(C)=O. The Morgan fingerprint density at radius 2 is 1.19 bits per heavy atom. The Hall–Kier alpha value is -2.83. The summed E-state index contributed by atoms with van der Waals surface area (Å²) in [5, 5.41) is 43.6. The minimum Gasteiger partial charge on any atom is -0.508 e. The number of phenols is 1. The number of ether oxygens (including phenoxy) is 2. The van der Waals surface area contributed by atoms with Crippen LogP contribution in [0.4, 0.5) is 9.59 Å². The van der Waals surface area contributed by atoms with Gasteiger partial charge in [0.05, 0.1) is 49.7 Å². The summed E-state index contributed by atoms with van der Waals surface area (Å²) in [6, 6.07) is 15.9. The Balaban J connectivity index is 0.000000277. The average molecular weight is 1090 g/mol. The van der Waals surface area contributed by atoms with E-state index in [1.807, 2.05) is 38.1 Å². The maximum absolute atomic E-state index is 11.4. The molecule has 0 saturated carbocycles. The van der Waals surface area contributed by atoms with Crippen molar-refractivity contribution < 1.29 is 67.6 Å². The zero-order chi connectivity index (χ0) is 46.2. The fourth-order valence-corrected chi connectivity index (χ4v) is 6.59. The number of nitrogens with one attached hydrogen (secondary N) is 2. The van der Waals surface area contributed by atoms with Crippen LogP contribution in [0.2, 0.25) is 0 Å². The van der Waals surface area contributed by atoms with E-state index in [1.165, 1.54) is 13.0 Å². The molecule has 16 nitrogen and oxygen atoms in total. The fourth-order valence-electron chi connectivity index (χ4n) is 5.11. The van der Waals surface area contributed by atoms with Gasteiger partial charge in [-0.3, -0.25) is 29.8 Å². The lowest BCUT2D eigenvalue weighted by atomic mass is 9.79. The van der Waals surface area contributed by atoms with Crippen molar-refractivity contribution in [2.45, 2.75) is 52.3 Å². The number of hydrogen-bond donors (Lipinski definition) is 6. The number of halogens is 3. The van der Waals surface area contributed by atoms with Gasteiger partial charge in [-0.1, -0.05) is 103 Å². The predicted molar refractivity (Wildman–Crippen MR) is 254 cm³/mol. The van der Waals surface area contributed by atoms with Gasteiger partial charge in [0.25, 0.3) is 10.5 Å². The molecule has 0 aliphatic carbocycles. The van der Waals surface area contributed by atoms with Crippen LogP contribution in [0.1, 0.15) is 43.9 Å². The van der Waals surface area contributed by atoms with E-state index in [-0.39, 0.29) is 39.0 Å². The largest absolute Gasteiger partial charge is 0.508 e. The third-order valence-corrected chi connectivity index (χ3v) is 11.8. The molecule has 62 heavy (non-hydrogen) atoms. The van der Waals surface area contributed by atoms with Gasteiger partial charge in [0.2, 0.25) is 11.8 Å². The molecule has 6 N–H and O–H groups in total. The van der Waals surface area contributed by atoms with Gasteiger partial charge in [-0.15, -0.1) is 0 Å². The topological polar surface area (TPSA) is 236 Å². The zero-order valence-corrected chi connectivity index (χ0v) is 40.4. The molecule has 1 atom stereocenters. The Morgan fingerprint density at radius 1 is 0.742 bits per heavy atom. The monoisotopic (exact) mass is 1090 g/mol. The van der Waals surface area contributed by atoms with Crippen LogP contribution in [-0.4, -0.2) is 118 Å². The molecule has 332 valence electrons. The second-order valence-corrected chi connectivity index (χ2v) is 16.8. The molecule has 0 bridgehead atoms. The Bertz CT molecular complexity index is 1930. The lowest BCUT2D eigenvalue weighted by Gasteiger charge is -2.09. The van der Waals surface area contributed by atoms with Gasteiger partial charge in [-0.05, 0) is 76.4 Å². The number of thioether (sulfide) groups is 2. The summed E-state index contributed by atoms with van der Waals surface area (Å²) < 4.78 is 26.1. The number of carbonyl (C=O) groups is 5. The molecule has 5 aliphatic rings. The second kappa shape index (κ2) is 30.3. The smallest absolute Gasteiger partial charge is 0.491 e. The number of imide groups is 2. The zero-order valence-electron chi connectivity index (χ0n) is 34.0. The third-order valence-electron chi connectivity index (χ3n) is 7.76. The molecule has 0 spiro atoms. The maximum Gasteiger partial charge on any atom is 0.491 e. The lowest BCUT2D eigenvalue weighted by molar-refractivity contribution is -0.119. The van der Waals surface area contributed by atoms with Crippen molar-refractivity contribution in [3.8, 4) is 17.2 Å². The standard InChI is InChI=1S/C12H12BNO5S.C9H10BBrO3.C7H7BO3.C3H3NO2S.C2H3BO.C2H4Br2.C2H6/c15-11-10(20-12(16)14-11)3-4-18-8-2-1-7-6-19-13(17)9(7)5-8;11-3-4-13-8-2-1-7-6-14-10(12)9(7)5-8;9-6-2-1-5-4-11-8(10)7(5)3-6;5-2-1-7-3(6)4-2;1-2(3)4;3-1-2-4;1-2/h1-2,5,10,17H,3-4,6H2,(H,14,15,16);1-2,5,12H,3-4,6H2;1-3,9-10H,4H2;1H2,(H,4,5,6);1H3;1-2H2;1-2H3. The van der Waals surface area contributed by atoms with Gasteiger partial charge in [0.15, 0.2) is 7.85 Å². The van der Waals surface area contributed by atoms with E-state index in [9.17, 15) is 39.0 Å². The fraction of sp³-hybridized carbons (Fsp3) is 0.378. The van der Waals surface area contributed by atoms with E-state index in [1.54, 1.807) is 24.3 Å². The Labute approximate surface area is 396 Å². The predicted octanol–water partition coefficient (Wildman–Crippen LogP) is 2.79. The molecular weight excluding hydrogens is 1040 g/mol. The highest BCUT2D eigenvalue weighted by Gasteiger charge is 2.32. The molecule has 2 saturated heterocycles. The van der Waals surface area contributed by atoms with E-state index in [4.69, 9.17) is 28.5 Å². The number of amides is 4. The van der Waals surface area contributed by atoms with Crippen molar-refractivity contribution in [2.75, 3.05) is 35.0 Å². The molecule has 8 rings (SSSR count). The summed E-state index contributed by atoms with van der Waals surface area (Å²) in [7, 11) is 1.91. The maximum atomic E-state index is 11.4. The first-order valence-electron chi connectivity index (χ1n) is 18.8. The number of alkyl halides is 3. The molecule has 3 aromatic carbocycles. The quantitative estimate of drug-likeness (QED) is 0.141. The number of rotatable bonds is 8. The number of hydrogen-bond acceptors (Lipinski definition) is 16. The van der Waals surface area contributed by atoms with E-state index < -0.39 is 21.4 Å². The van der Waals surface area contributed by atoms with Crippen molar-refractivity contribution in [1.82, 2.24) is 10.6 Å². The first-order valence-corrected chi connectivity index (χ1v) is 24.0. The van der Waals surface area contributed by atoms with Gasteiger partial charge in [0, 0.05) is 22.4 Å². The minimum absolute atomic E-state index is 0.160. The molecule has 1 unspecified atom stereocenters.